The summed E-state index contributed by atoms with van der Waals surface area (Å²) in [5.74, 6) is 0.682. The van der Waals surface area contributed by atoms with Gasteiger partial charge in [0, 0.05) is 29.6 Å². The SMILES string of the molecule is CCCN[C@H]1CCC(NC)=C(SCN)C1. The largest absolute Gasteiger partial charge is 0.391 e. The standard InChI is InChI=1S/C11H23N3S/c1-3-6-14-9-4-5-10(13-2)11(7-9)15-8-12/h9,13-14H,3-8,12H2,1-2H3/t9-/m0/s1. The van der Waals surface area contributed by atoms with Crippen LogP contribution in [-0.4, -0.2) is 25.5 Å². The van der Waals surface area contributed by atoms with E-state index in [1.54, 1.807) is 11.8 Å². The molecule has 15 heavy (non-hydrogen) atoms. The predicted molar refractivity (Wildman–Crippen MR) is 68.7 cm³/mol. The first-order valence-electron chi connectivity index (χ1n) is 5.77. The molecular formula is C11H23N3S. The Labute approximate surface area is 97.3 Å². The summed E-state index contributed by atoms with van der Waals surface area (Å²) >= 11 is 1.78. The zero-order chi connectivity index (χ0) is 11.1. The Hall–Kier alpha value is -0.190. The van der Waals surface area contributed by atoms with Gasteiger partial charge in [0.05, 0.1) is 0 Å². The molecule has 0 bridgehead atoms. The van der Waals surface area contributed by atoms with E-state index < -0.39 is 0 Å². The lowest BCUT2D eigenvalue weighted by Gasteiger charge is -2.27. The number of nitrogens with one attached hydrogen (secondary N) is 2. The molecule has 88 valence electrons. The van der Waals surface area contributed by atoms with Crippen molar-refractivity contribution in [3.63, 3.8) is 0 Å². The highest BCUT2D eigenvalue weighted by Crippen LogP contribution is 2.30. The molecule has 0 aromatic carbocycles. The molecule has 0 unspecified atom stereocenters. The van der Waals surface area contributed by atoms with Gasteiger partial charge in [-0.05, 0) is 32.2 Å². The third-order valence-corrected chi connectivity index (χ3v) is 3.68. The van der Waals surface area contributed by atoms with E-state index in [9.17, 15) is 0 Å². The average Bonchev–Trinajstić information content (AvgIpc) is 2.27. The molecule has 0 saturated heterocycles. The van der Waals surface area contributed by atoms with Crippen molar-refractivity contribution >= 4 is 11.8 Å². The van der Waals surface area contributed by atoms with Crippen LogP contribution in [0.1, 0.15) is 32.6 Å². The fourth-order valence-electron chi connectivity index (χ4n) is 1.94. The van der Waals surface area contributed by atoms with Gasteiger partial charge < -0.3 is 16.4 Å². The van der Waals surface area contributed by atoms with Gasteiger partial charge in [-0.3, -0.25) is 0 Å². The van der Waals surface area contributed by atoms with Crippen LogP contribution in [0, 0.1) is 0 Å². The quantitative estimate of drug-likeness (QED) is 0.606. The molecule has 0 aliphatic heterocycles. The third-order valence-electron chi connectivity index (χ3n) is 2.75. The van der Waals surface area contributed by atoms with Gasteiger partial charge in [0.25, 0.3) is 0 Å². The molecule has 1 aliphatic carbocycles. The number of rotatable bonds is 6. The Balaban J connectivity index is 2.49. The molecule has 0 radical (unpaired) electrons. The van der Waals surface area contributed by atoms with Crippen LogP contribution in [0.15, 0.2) is 10.6 Å². The van der Waals surface area contributed by atoms with Gasteiger partial charge in [-0.2, -0.15) is 0 Å². The minimum Gasteiger partial charge on any atom is -0.391 e. The van der Waals surface area contributed by atoms with Crippen LogP contribution in [-0.2, 0) is 0 Å². The van der Waals surface area contributed by atoms with Gasteiger partial charge in [0.2, 0.25) is 0 Å². The van der Waals surface area contributed by atoms with Crippen LogP contribution >= 0.6 is 11.8 Å². The summed E-state index contributed by atoms with van der Waals surface area (Å²) in [7, 11) is 2.01. The second-order valence-electron chi connectivity index (χ2n) is 3.86. The lowest BCUT2D eigenvalue weighted by molar-refractivity contribution is 0.458. The maximum absolute atomic E-state index is 5.60. The maximum Gasteiger partial charge on any atom is 0.0438 e. The second-order valence-corrected chi connectivity index (χ2v) is 4.97. The molecule has 1 rings (SSSR count). The van der Waals surface area contributed by atoms with Crippen LogP contribution in [0.3, 0.4) is 0 Å². The first-order valence-corrected chi connectivity index (χ1v) is 6.76. The highest BCUT2D eigenvalue weighted by Gasteiger charge is 2.19. The molecule has 0 saturated carbocycles. The average molecular weight is 229 g/mol. The highest BCUT2D eigenvalue weighted by molar-refractivity contribution is 8.03. The Morgan fingerprint density at radius 3 is 2.93 bits per heavy atom. The molecule has 4 N–H and O–H groups in total. The second kappa shape index (κ2) is 7.14. The van der Waals surface area contributed by atoms with Crippen LogP contribution < -0.4 is 16.4 Å². The van der Waals surface area contributed by atoms with E-state index >= 15 is 0 Å². The number of allylic oxidation sites excluding steroid dienone is 1. The van der Waals surface area contributed by atoms with Crippen molar-refractivity contribution in [3.8, 4) is 0 Å². The molecular weight excluding hydrogens is 206 g/mol. The number of nitrogens with two attached hydrogens (primary N) is 1. The lowest BCUT2D eigenvalue weighted by Crippen LogP contribution is -2.33. The van der Waals surface area contributed by atoms with Crippen LogP contribution in [0.25, 0.3) is 0 Å². The normalized spacial score (nSPS) is 21.9. The van der Waals surface area contributed by atoms with E-state index in [0.29, 0.717) is 11.9 Å². The predicted octanol–water partition coefficient (Wildman–Crippen LogP) is 1.62. The molecule has 0 heterocycles. The molecule has 1 atom stereocenters. The summed E-state index contributed by atoms with van der Waals surface area (Å²) < 4.78 is 0. The van der Waals surface area contributed by atoms with Crippen molar-refractivity contribution in [2.75, 3.05) is 19.5 Å². The lowest BCUT2D eigenvalue weighted by atomic mass is 9.99. The van der Waals surface area contributed by atoms with E-state index in [4.69, 9.17) is 5.73 Å². The Morgan fingerprint density at radius 1 is 1.53 bits per heavy atom. The number of thioether (sulfide) groups is 1. The zero-order valence-corrected chi connectivity index (χ0v) is 10.6. The molecule has 0 aromatic rings. The molecule has 3 nitrogen and oxygen atoms in total. The van der Waals surface area contributed by atoms with E-state index in [1.807, 2.05) is 7.05 Å². The smallest absolute Gasteiger partial charge is 0.0438 e. The molecule has 0 spiro atoms. The molecule has 4 heteroatoms. The summed E-state index contributed by atoms with van der Waals surface area (Å²) in [5.41, 5.74) is 6.99. The first kappa shape index (κ1) is 12.9. The van der Waals surface area contributed by atoms with Gasteiger partial charge in [-0.15, -0.1) is 11.8 Å². The summed E-state index contributed by atoms with van der Waals surface area (Å²) in [6.07, 6.45) is 4.74. The van der Waals surface area contributed by atoms with Crippen LogP contribution in [0.5, 0.6) is 0 Å². The van der Waals surface area contributed by atoms with Crippen LogP contribution in [0.4, 0.5) is 0 Å². The van der Waals surface area contributed by atoms with Gasteiger partial charge in [0.15, 0.2) is 0 Å². The minimum atomic E-state index is 0.649. The molecule has 0 amide bonds. The van der Waals surface area contributed by atoms with E-state index in [0.717, 1.165) is 19.4 Å². The Morgan fingerprint density at radius 2 is 2.33 bits per heavy atom. The van der Waals surface area contributed by atoms with E-state index in [2.05, 4.69) is 17.6 Å². The Kier molecular flexibility index (Phi) is 6.13. The van der Waals surface area contributed by atoms with Gasteiger partial charge >= 0.3 is 0 Å². The number of hydrogen-bond acceptors (Lipinski definition) is 4. The van der Waals surface area contributed by atoms with Gasteiger partial charge in [-0.1, -0.05) is 6.92 Å². The van der Waals surface area contributed by atoms with E-state index in [-0.39, 0.29) is 0 Å². The molecule has 0 fully saturated rings. The van der Waals surface area contributed by atoms with E-state index in [1.165, 1.54) is 23.4 Å². The highest BCUT2D eigenvalue weighted by atomic mass is 32.2. The van der Waals surface area contributed by atoms with Crippen LogP contribution in [0.2, 0.25) is 0 Å². The van der Waals surface area contributed by atoms with Gasteiger partial charge in [-0.25, -0.2) is 0 Å². The van der Waals surface area contributed by atoms with Crippen molar-refractivity contribution in [3.05, 3.63) is 10.6 Å². The number of hydrogen-bond donors (Lipinski definition) is 3. The first-order chi connectivity index (χ1) is 7.31. The summed E-state index contributed by atoms with van der Waals surface area (Å²) in [6.45, 7) is 3.33. The topological polar surface area (TPSA) is 50.1 Å². The summed E-state index contributed by atoms with van der Waals surface area (Å²) in [4.78, 5) is 1.44. The van der Waals surface area contributed by atoms with Crippen molar-refractivity contribution < 1.29 is 0 Å². The monoisotopic (exact) mass is 229 g/mol. The van der Waals surface area contributed by atoms with Crippen molar-refractivity contribution in [2.45, 2.75) is 38.6 Å². The molecule has 1 aliphatic rings. The summed E-state index contributed by atoms with van der Waals surface area (Å²) in [5, 5.41) is 6.88. The zero-order valence-electron chi connectivity index (χ0n) is 9.81. The Bertz CT molecular complexity index is 216. The van der Waals surface area contributed by atoms with Crippen molar-refractivity contribution in [2.24, 2.45) is 5.73 Å². The van der Waals surface area contributed by atoms with Crippen molar-refractivity contribution in [1.29, 1.82) is 0 Å². The summed E-state index contributed by atoms with van der Waals surface area (Å²) in [6, 6.07) is 0.649. The fraction of sp³-hybridized carbons (Fsp3) is 0.818. The van der Waals surface area contributed by atoms with Crippen molar-refractivity contribution in [1.82, 2.24) is 10.6 Å². The fourth-order valence-corrected chi connectivity index (χ4v) is 2.84. The molecule has 0 aromatic heterocycles. The third kappa shape index (κ3) is 4.05. The maximum atomic E-state index is 5.60. The minimum absolute atomic E-state index is 0.649. The van der Waals surface area contributed by atoms with Gasteiger partial charge in [0.1, 0.15) is 0 Å².